The highest BCUT2D eigenvalue weighted by molar-refractivity contribution is 4.91. The Balaban J connectivity index is 2.43. The lowest BCUT2D eigenvalue weighted by atomic mass is 9.90. The van der Waals surface area contributed by atoms with Crippen LogP contribution in [0.4, 0.5) is 0 Å². The molecule has 3 nitrogen and oxygen atoms in total. The van der Waals surface area contributed by atoms with E-state index in [2.05, 4.69) is 18.7 Å². The zero-order valence-corrected chi connectivity index (χ0v) is 9.70. The first kappa shape index (κ1) is 12.0. The summed E-state index contributed by atoms with van der Waals surface area (Å²) in [7, 11) is 0. The lowest BCUT2D eigenvalue weighted by molar-refractivity contribution is 0.0783. The van der Waals surface area contributed by atoms with Crippen molar-refractivity contribution in [3.63, 3.8) is 0 Å². The fourth-order valence-electron chi connectivity index (χ4n) is 1.85. The van der Waals surface area contributed by atoms with E-state index in [4.69, 9.17) is 0 Å². The zero-order chi connectivity index (χ0) is 10.9. The maximum atomic E-state index is 9.76. The van der Waals surface area contributed by atoms with Crippen LogP contribution in [0.5, 0.6) is 0 Å². The molecule has 1 rings (SSSR count). The van der Waals surface area contributed by atoms with Gasteiger partial charge in [-0.05, 0) is 5.92 Å². The first-order valence-corrected chi connectivity index (χ1v) is 5.41. The topological polar surface area (TPSA) is 43.7 Å². The van der Waals surface area contributed by atoms with Crippen molar-refractivity contribution >= 4 is 0 Å². The first-order valence-electron chi connectivity index (χ1n) is 5.41. The molecule has 0 aromatic carbocycles. The van der Waals surface area contributed by atoms with Gasteiger partial charge < -0.3 is 10.2 Å². The lowest BCUT2D eigenvalue weighted by Crippen LogP contribution is -2.34. The Morgan fingerprint density at radius 2 is 2.00 bits per heavy atom. The summed E-state index contributed by atoms with van der Waals surface area (Å²) in [5.74, 6) is 0.288. The highest BCUT2D eigenvalue weighted by atomic mass is 16.3. The fraction of sp³-hybridized carbons (Fsp3) is 1.00. The summed E-state index contributed by atoms with van der Waals surface area (Å²) in [6.45, 7) is 10.4. The molecule has 1 fully saturated rings. The van der Waals surface area contributed by atoms with Crippen molar-refractivity contribution in [1.82, 2.24) is 4.90 Å². The molecule has 1 aliphatic rings. The molecule has 0 aliphatic carbocycles. The third kappa shape index (κ3) is 2.69. The van der Waals surface area contributed by atoms with E-state index in [1.165, 1.54) is 0 Å². The number of β-amino-alcohol motifs (C(OH)–C–C–N with tert-alkyl or cyclic N) is 2. The van der Waals surface area contributed by atoms with Crippen LogP contribution in [0, 0.1) is 11.3 Å². The van der Waals surface area contributed by atoms with Gasteiger partial charge >= 0.3 is 0 Å². The van der Waals surface area contributed by atoms with E-state index >= 15 is 0 Å². The molecule has 1 heterocycles. The SMILES string of the molecule is CC(C)C(O)CN1CC(O)C(C)(C)C1. The van der Waals surface area contributed by atoms with Gasteiger partial charge in [0.2, 0.25) is 0 Å². The van der Waals surface area contributed by atoms with Crippen molar-refractivity contribution in [1.29, 1.82) is 0 Å². The molecule has 0 amide bonds. The summed E-state index contributed by atoms with van der Waals surface area (Å²) in [6, 6.07) is 0. The average molecular weight is 201 g/mol. The highest BCUT2D eigenvalue weighted by Crippen LogP contribution is 2.29. The van der Waals surface area contributed by atoms with Crippen LogP contribution in [0.1, 0.15) is 27.7 Å². The Labute approximate surface area is 86.7 Å². The van der Waals surface area contributed by atoms with Crippen LogP contribution in [0.15, 0.2) is 0 Å². The van der Waals surface area contributed by atoms with E-state index in [9.17, 15) is 10.2 Å². The number of likely N-dealkylation sites (tertiary alicyclic amines) is 1. The number of nitrogens with zero attached hydrogens (tertiary/aromatic N) is 1. The first-order chi connectivity index (χ1) is 6.33. The summed E-state index contributed by atoms with van der Waals surface area (Å²) in [4.78, 5) is 2.15. The van der Waals surface area contributed by atoms with Gasteiger partial charge in [0.1, 0.15) is 0 Å². The van der Waals surface area contributed by atoms with E-state index in [1.807, 2.05) is 13.8 Å². The van der Waals surface area contributed by atoms with Gasteiger partial charge in [-0.25, -0.2) is 0 Å². The molecule has 0 saturated carbocycles. The summed E-state index contributed by atoms with van der Waals surface area (Å²) in [5.41, 5.74) is -0.0311. The molecule has 2 unspecified atom stereocenters. The van der Waals surface area contributed by atoms with Gasteiger partial charge in [-0.15, -0.1) is 0 Å². The molecule has 2 atom stereocenters. The lowest BCUT2D eigenvalue weighted by Gasteiger charge is -2.23. The molecule has 14 heavy (non-hydrogen) atoms. The average Bonchev–Trinajstić information content (AvgIpc) is 2.25. The third-order valence-electron chi connectivity index (χ3n) is 3.18. The minimum absolute atomic E-state index is 0.0311. The van der Waals surface area contributed by atoms with Gasteiger partial charge in [0.25, 0.3) is 0 Å². The second kappa shape index (κ2) is 4.17. The molecule has 0 aromatic rings. The number of hydrogen-bond donors (Lipinski definition) is 2. The van der Waals surface area contributed by atoms with Gasteiger partial charge in [-0.3, -0.25) is 4.90 Å². The maximum Gasteiger partial charge on any atom is 0.0730 e. The number of hydrogen-bond acceptors (Lipinski definition) is 3. The number of rotatable bonds is 3. The van der Waals surface area contributed by atoms with Crippen molar-refractivity contribution < 1.29 is 10.2 Å². The van der Waals surface area contributed by atoms with Gasteiger partial charge in [-0.1, -0.05) is 27.7 Å². The Hall–Kier alpha value is -0.120. The molecule has 1 aliphatic heterocycles. The smallest absolute Gasteiger partial charge is 0.0730 e. The molecule has 0 spiro atoms. The van der Waals surface area contributed by atoms with Crippen LogP contribution in [0.3, 0.4) is 0 Å². The van der Waals surface area contributed by atoms with Crippen LogP contribution in [-0.2, 0) is 0 Å². The molecule has 0 aromatic heterocycles. The van der Waals surface area contributed by atoms with Gasteiger partial charge in [0.15, 0.2) is 0 Å². The molecule has 0 radical (unpaired) electrons. The van der Waals surface area contributed by atoms with Crippen LogP contribution in [-0.4, -0.2) is 47.0 Å². The van der Waals surface area contributed by atoms with Crippen LogP contribution < -0.4 is 0 Å². The molecule has 2 N–H and O–H groups in total. The molecule has 0 bridgehead atoms. The monoisotopic (exact) mass is 201 g/mol. The Morgan fingerprint density at radius 3 is 2.36 bits per heavy atom. The quantitative estimate of drug-likeness (QED) is 0.706. The van der Waals surface area contributed by atoms with Crippen LogP contribution in [0.25, 0.3) is 0 Å². The van der Waals surface area contributed by atoms with Crippen LogP contribution >= 0.6 is 0 Å². The third-order valence-corrected chi connectivity index (χ3v) is 3.18. The number of aliphatic hydroxyl groups is 2. The standard InChI is InChI=1S/C11H23NO2/c1-8(2)9(13)5-12-6-10(14)11(3,4)7-12/h8-10,13-14H,5-7H2,1-4H3. The number of aliphatic hydroxyl groups excluding tert-OH is 2. The summed E-state index contributed by atoms with van der Waals surface area (Å²) in [6.07, 6.45) is -0.544. The van der Waals surface area contributed by atoms with Crippen molar-refractivity contribution in [2.75, 3.05) is 19.6 Å². The normalized spacial score (nSPS) is 29.8. The predicted octanol–water partition coefficient (Wildman–Crippen LogP) is 0.706. The van der Waals surface area contributed by atoms with Crippen LogP contribution in [0.2, 0.25) is 0 Å². The Kier molecular flexibility index (Phi) is 3.56. The van der Waals surface area contributed by atoms with Crippen molar-refractivity contribution in [2.45, 2.75) is 39.9 Å². The van der Waals surface area contributed by atoms with Gasteiger partial charge in [0, 0.05) is 25.0 Å². The maximum absolute atomic E-state index is 9.76. The fourth-order valence-corrected chi connectivity index (χ4v) is 1.85. The molecule has 3 heteroatoms. The van der Waals surface area contributed by atoms with Crippen molar-refractivity contribution in [3.05, 3.63) is 0 Å². The van der Waals surface area contributed by atoms with E-state index in [0.29, 0.717) is 13.1 Å². The second-order valence-corrected chi connectivity index (χ2v) is 5.51. The Morgan fingerprint density at radius 1 is 1.43 bits per heavy atom. The second-order valence-electron chi connectivity index (χ2n) is 5.51. The summed E-state index contributed by atoms with van der Waals surface area (Å²) in [5, 5.41) is 19.5. The molecule has 84 valence electrons. The van der Waals surface area contributed by atoms with Gasteiger partial charge in [0.05, 0.1) is 12.2 Å². The van der Waals surface area contributed by atoms with Gasteiger partial charge in [-0.2, -0.15) is 0 Å². The van der Waals surface area contributed by atoms with Crippen molar-refractivity contribution in [3.8, 4) is 0 Å². The van der Waals surface area contributed by atoms with Crippen molar-refractivity contribution in [2.24, 2.45) is 11.3 Å². The van der Waals surface area contributed by atoms with E-state index in [-0.39, 0.29) is 23.5 Å². The largest absolute Gasteiger partial charge is 0.392 e. The van der Waals surface area contributed by atoms with E-state index < -0.39 is 0 Å². The summed E-state index contributed by atoms with van der Waals surface area (Å²) < 4.78 is 0. The zero-order valence-electron chi connectivity index (χ0n) is 9.70. The molecule has 1 saturated heterocycles. The Bertz CT molecular complexity index is 192. The molecular weight excluding hydrogens is 178 g/mol. The minimum atomic E-state index is -0.281. The predicted molar refractivity (Wildman–Crippen MR) is 57.1 cm³/mol. The van der Waals surface area contributed by atoms with E-state index in [1.54, 1.807) is 0 Å². The minimum Gasteiger partial charge on any atom is -0.392 e. The van der Waals surface area contributed by atoms with E-state index in [0.717, 1.165) is 6.54 Å². The molecular formula is C11H23NO2. The highest BCUT2D eigenvalue weighted by Gasteiger charge is 2.38. The summed E-state index contributed by atoms with van der Waals surface area (Å²) >= 11 is 0.